The molecule has 17 heavy (non-hydrogen) atoms. The lowest BCUT2D eigenvalue weighted by molar-refractivity contribution is -0.154. The van der Waals surface area contributed by atoms with Crippen molar-refractivity contribution in [2.45, 2.75) is 32.3 Å². The van der Waals surface area contributed by atoms with Crippen LogP contribution in [0.15, 0.2) is 24.3 Å². The molecule has 2 rings (SSSR count). The molecule has 1 saturated heterocycles. The van der Waals surface area contributed by atoms with Gasteiger partial charge in [-0.15, -0.1) is 0 Å². The molecular formula is C14H18O3. The molecule has 0 radical (unpaired) electrons. The molecule has 0 bridgehead atoms. The van der Waals surface area contributed by atoms with E-state index in [1.165, 1.54) is 5.56 Å². The molecule has 1 fully saturated rings. The van der Waals surface area contributed by atoms with Crippen LogP contribution in [0.4, 0.5) is 0 Å². The summed E-state index contributed by atoms with van der Waals surface area (Å²) >= 11 is 0. The summed E-state index contributed by atoms with van der Waals surface area (Å²) in [6.07, 6.45) is 0.449. The standard InChI is InChI=1S/C14H18O3/c1-3-16-14(15)13-12(8-9-17-13)11-6-4-10(2)5-7-11/h4-7,12-13H,3,8-9H2,1-2H3/t12-,13-/m1/s1. The third-order valence-corrected chi connectivity index (χ3v) is 3.12. The Bertz CT molecular complexity index is 383. The number of hydrogen-bond donors (Lipinski definition) is 0. The monoisotopic (exact) mass is 234 g/mol. The van der Waals surface area contributed by atoms with Crippen LogP contribution >= 0.6 is 0 Å². The quantitative estimate of drug-likeness (QED) is 0.753. The first-order chi connectivity index (χ1) is 8.22. The second-order valence-corrected chi connectivity index (χ2v) is 4.35. The number of carbonyl (C=O) groups excluding carboxylic acids is 1. The van der Waals surface area contributed by atoms with Crippen LogP contribution in [0.2, 0.25) is 0 Å². The second kappa shape index (κ2) is 5.32. The van der Waals surface area contributed by atoms with Gasteiger partial charge in [0.2, 0.25) is 0 Å². The van der Waals surface area contributed by atoms with Gasteiger partial charge < -0.3 is 9.47 Å². The van der Waals surface area contributed by atoms with Gasteiger partial charge in [0.1, 0.15) is 0 Å². The summed E-state index contributed by atoms with van der Waals surface area (Å²) < 4.78 is 10.5. The molecule has 0 aromatic heterocycles. The molecular weight excluding hydrogens is 216 g/mol. The van der Waals surface area contributed by atoms with E-state index >= 15 is 0 Å². The number of carbonyl (C=O) groups is 1. The van der Waals surface area contributed by atoms with Crippen LogP contribution in [0.3, 0.4) is 0 Å². The molecule has 3 heteroatoms. The molecule has 1 aromatic carbocycles. The molecule has 0 amide bonds. The van der Waals surface area contributed by atoms with Crippen LogP contribution in [-0.4, -0.2) is 25.3 Å². The zero-order valence-corrected chi connectivity index (χ0v) is 10.3. The smallest absolute Gasteiger partial charge is 0.335 e. The van der Waals surface area contributed by atoms with E-state index in [0.717, 1.165) is 12.0 Å². The van der Waals surface area contributed by atoms with Gasteiger partial charge in [-0.25, -0.2) is 4.79 Å². The lowest BCUT2D eigenvalue weighted by atomic mass is 9.92. The molecule has 0 spiro atoms. The summed E-state index contributed by atoms with van der Waals surface area (Å²) in [5.74, 6) is -0.106. The lowest BCUT2D eigenvalue weighted by Crippen LogP contribution is -2.27. The lowest BCUT2D eigenvalue weighted by Gasteiger charge is -2.17. The number of esters is 1. The third-order valence-electron chi connectivity index (χ3n) is 3.12. The van der Waals surface area contributed by atoms with E-state index in [2.05, 4.69) is 31.2 Å². The Kier molecular flexibility index (Phi) is 3.79. The van der Waals surface area contributed by atoms with Crippen LogP contribution in [0.25, 0.3) is 0 Å². The predicted octanol–water partition coefficient (Wildman–Crippen LogP) is 2.43. The maximum absolute atomic E-state index is 11.7. The van der Waals surface area contributed by atoms with Crippen LogP contribution in [0.5, 0.6) is 0 Å². The number of rotatable bonds is 3. The van der Waals surface area contributed by atoms with Crippen molar-refractivity contribution in [2.75, 3.05) is 13.2 Å². The van der Waals surface area contributed by atoms with Gasteiger partial charge in [-0.2, -0.15) is 0 Å². The van der Waals surface area contributed by atoms with E-state index in [4.69, 9.17) is 9.47 Å². The largest absolute Gasteiger partial charge is 0.464 e. The molecule has 92 valence electrons. The van der Waals surface area contributed by atoms with E-state index in [0.29, 0.717) is 13.2 Å². The van der Waals surface area contributed by atoms with Crippen LogP contribution in [0.1, 0.15) is 30.4 Å². The average Bonchev–Trinajstić information content (AvgIpc) is 2.79. The second-order valence-electron chi connectivity index (χ2n) is 4.35. The van der Waals surface area contributed by atoms with Crippen LogP contribution in [-0.2, 0) is 14.3 Å². The van der Waals surface area contributed by atoms with E-state index in [1.54, 1.807) is 0 Å². The Morgan fingerprint density at radius 2 is 2.12 bits per heavy atom. The van der Waals surface area contributed by atoms with Gasteiger partial charge in [0, 0.05) is 12.5 Å². The van der Waals surface area contributed by atoms with Gasteiger partial charge in [-0.05, 0) is 25.8 Å². The first-order valence-corrected chi connectivity index (χ1v) is 6.07. The van der Waals surface area contributed by atoms with Crippen molar-refractivity contribution in [1.29, 1.82) is 0 Å². The van der Waals surface area contributed by atoms with Crippen LogP contribution < -0.4 is 0 Å². The van der Waals surface area contributed by atoms with E-state index in [9.17, 15) is 4.79 Å². The summed E-state index contributed by atoms with van der Waals surface area (Å²) in [5, 5.41) is 0. The van der Waals surface area contributed by atoms with Gasteiger partial charge in [0.05, 0.1) is 6.61 Å². The summed E-state index contributed by atoms with van der Waals surface area (Å²) in [6, 6.07) is 8.27. The van der Waals surface area contributed by atoms with Crippen molar-refractivity contribution < 1.29 is 14.3 Å². The maximum Gasteiger partial charge on any atom is 0.335 e. The Labute approximate surface area is 102 Å². The average molecular weight is 234 g/mol. The summed E-state index contributed by atoms with van der Waals surface area (Å²) in [5.41, 5.74) is 2.38. The van der Waals surface area contributed by atoms with Gasteiger partial charge in [0.15, 0.2) is 6.10 Å². The molecule has 0 saturated carbocycles. The maximum atomic E-state index is 11.7. The van der Waals surface area contributed by atoms with E-state index < -0.39 is 6.10 Å². The molecule has 2 atom stereocenters. The Hall–Kier alpha value is -1.35. The zero-order chi connectivity index (χ0) is 12.3. The molecule has 0 unspecified atom stereocenters. The highest BCUT2D eigenvalue weighted by molar-refractivity contribution is 5.76. The SMILES string of the molecule is CCOC(=O)[C@@H]1OCC[C@@H]1c1ccc(C)cc1. The third kappa shape index (κ3) is 2.67. The molecule has 1 aliphatic rings. The highest BCUT2D eigenvalue weighted by atomic mass is 16.6. The minimum atomic E-state index is -0.433. The summed E-state index contributed by atoms with van der Waals surface area (Å²) in [4.78, 5) is 11.7. The predicted molar refractivity (Wildman–Crippen MR) is 64.9 cm³/mol. The van der Waals surface area contributed by atoms with Gasteiger partial charge in [0.25, 0.3) is 0 Å². The zero-order valence-electron chi connectivity index (χ0n) is 10.3. The van der Waals surface area contributed by atoms with Crippen molar-refractivity contribution in [3.63, 3.8) is 0 Å². The van der Waals surface area contributed by atoms with Crippen molar-refractivity contribution in [1.82, 2.24) is 0 Å². The van der Waals surface area contributed by atoms with Crippen molar-refractivity contribution in [3.8, 4) is 0 Å². The Morgan fingerprint density at radius 3 is 2.76 bits per heavy atom. The van der Waals surface area contributed by atoms with Gasteiger partial charge in [-0.1, -0.05) is 29.8 Å². The Morgan fingerprint density at radius 1 is 1.41 bits per heavy atom. The number of benzene rings is 1. The fourth-order valence-electron chi connectivity index (χ4n) is 2.20. The first-order valence-electron chi connectivity index (χ1n) is 6.07. The van der Waals surface area contributed by atoms with E-state index in [1.807, 2.05) is 6.92 Å². The molecule has 0 N–H and O–H groups in total. The number of ether oxygens (including phenoxy) is 2. The number of hydrogen-bond acceptors (Lipinski definition) is 3. The normalized spacial score (nSPS) is 23.6. The molecule has 3 nitrogen and oxygen atoms in total. The summed E-state index contributed by atoms with van der Waals surface area (Å²) in [7, 11) is 0. The fourth-order valence-corrected chi connectivity index (χ4v) is 2.20. The minimum Gasteiger partial charge on any atom is -0.464 e. The van der Waals surface area contributed by atoms with Crippen molar-refractivity contribution in [3.05, 3.63) is 35.4 Å². The molecule has 1 aliphatic heterocycles. The highest BCUT2D eigenvalue weighted by Crippen LogP contribution is 2.32. The highest BCUT2D eigenvalue weighted by Gasteiger charge is 2.36. The van der Waals surface area contributed by atoms with Gasteiger partial charge >= 0.3 is 5.97 Å². The topological polar surface area (TPSA) is 35.5 Å². The van der Waals surface area contributed by atoms with Gasteiger partial charge in [-0.3, -0.25) is 0 Å². The van der Waals surface area contributed by atoms with Crippen molar-refractivity contribution >= 4 is 5.97 Å². The molecule has 1 heterocycles. The minimum absolute atomic E-state index is 0.134. The van der Waals surface area contributed by atoms with E-state index in [-0.39, 0.29) is 11.9 Å². The number of aryl methyl sites for hydroxylation is 1. The first kappa shape index (κ1) is 12.1. The summed E-state index contributed by atoms with van der Waals surface area (Å²) in [6.45, 7) is 4.90. The Balaban J connectivity index is 2.14. The molecule has 0 aliphatic carbocycles. The van der Waals surface area contributed by atoms with Crippen molar-refractivity contribution in [2.24, 2.45) is 0 Å². The molecule has 1 aromatic rings. The van der Waals surface area contributed by atoms with Crippen LogP contribution in [0, 0.1) is 6.92 Å². The fraction of sp³-hybridized carbons (Fsp3) is 0.500.